The Morgan fingerprint density at radius 3 is 2.58 bits per heavy atom. The topological polar surface area (TPSA) is 29.3 Å². The molecule has 1 saturated heterocycles. The molecule has 1 saturated carbocycles. The first-order valence-electron chi connectivity index (χ1n) is 7.45. The minimum absolute atomic E-state index is 0.209. The zero-order valence-electron chi connectivity index (χ0n) is 11.6. The SMILES string of the molecule is CCC(N)C(c1ccc(Cl)cc1)N1CC2CCC1C2. The highest BCUT2D eigenvalue weighted by atomic mass is 35.5. The number of likely N-dealkylation sites (tertiary alicyclic amines) is 1. The second-order valence-electron chi connectivity index (χ2n) is 6.10. The average Bonchev–Trinajstić information content (AvgIpc) is 3.03. The van der Waals surface area contributed by atoms with E-state index in [1.807, 2.05) is 12.1 Å². The molecule has 2 bridgehead atoms. The third-order valence-electron chi connectivity index (χ3n) is 4.90. The quantitative estimate of drug-likeness (QED) is 0.912. The molecule has 1 aliphatic heterocycles. The summed E-state index contributed by atoms with van der Waals surface area (Å²) in [6.45, 7) is 3.41. The molecular formula is C16H23ClN2. The Hall–Kier alpha value is -0.570. The van der Waals surface area contributed by atoms with Crippen LogP contribution < -0.4 is 5.73 Å². The van der Waals surface area contributed by atoms with E-state index in [-0.39, 0.29) is 6.04 Å². The number of piperidine rings is 1. The van der Waals surface area contributed by atoms with Crippen LogP contribution in [0.25, 0.3) is 0 Å². The van der Waals surface area contributed by atoms with E-state index >= 15 is 0 Å². The molecule has 0 spiro atoms. The molecule has 1 heterocycles. The van der Waals surface area contributed by atoms with Crippen molar-refractivity contribution < 1.29 is 0 Å². The molecule has 2 nitrogen and oxygen atoms in total. The maximum Gasteiger partial charge on any atom is 0.0502 e. The third-order valence-corrected chi connectivity index (χ3v) is 5.15. The van der Waals surface area contributed by atoms with Crippen molar-refractivity contribution in [2.75, 3.05) is 6.54 Å². The van der Waals surface area contributed by atoms with Gasteiger partial charge in [-0.25, -0.2) is 0 Å². The number of rotatable bonds is 4. The number of fused-ring (bicyclic) bond motifs is 2. The van der Waals surface area contributed by atoms with Gasteiger partial charge in [-0.3, -0.25) is 4.90 Å². The van der Waals surface area contributed by atoms with E-state index in [1.54, 1.807) is 0 Å². The summed E-state index contributed by atoms with van der Waals surface area (Å²) >= 11 is 6.01. The maximum atomic E-state index is 6.42. The van der Waals surface area contributed by atoms with Gasteiger partial charge < -0.3 is 5.73 Å². The molecule has 3 heteroatoms. The Morgan fingerprint density at radius 2 is 2.05 bits per heavy atom. The Balaban J connectivity index is 1.87. The first-order valence-corrected chi connectivity index (χ1v) is 7.83. The minimum atomic E-state index is 0.209. The lowest BCUT2D eigenvalue weighted by Crippen LogP contribution is -2.44. The summed E-state index contributed by atoms with van der Waals surface area (Å²) < 4.78 is 0. The van der Waals surface area contributed by atoms with Crippen LogP contribution in [0.1, 0.15) is 44.2 Å². The molecule has 2 aliphatic rings. The van der Waals surface area contributed by atoms with Crippen LogP contribution in [0, 0.1) is 5.92 Å². The molecule has 3 rings (SSSR count). The summed E-state index contributed by atoms with van der Waals surface area (Å²) in [7, 11) is 0. The van der Waals surface area contributed by atoms with Gasteiger partial charge in [-0.05, 0) is 49.3 Å². The van der Waals surface area contributed by atoms with Crippen molar-refractivity contribution in [3.05, 3.63) is 34.9 Å². The van der Waals surface area contributed by atoms with Crippen molar-refractivity contribution in [1.29, 1.82) is 0 Å². The van der Waals surface area contributed by atoms with Crippen molar-refractivity contribution in [3.8, 4) is 0 Å². The van der Waals surface area contributed by atoms with Crippen LogP contribution in [0.4, 0.5) is 0 Å². The summed E-state index contributed by atoms with van der Waals surface area (Å²) in [5.41, 5.74) is 7.75. The standard InChI is InChI=1S/C16H23ClN2/c1-2-15(18)16(12-4-6-13(17)7-5-12)19-10-11-3-8-14(19)9-11/h4-7,11,14-16H,2-3,8-10,18H2,1H3. The first-order chi connectivity index (χ1) is 9.19. The molecule has 19 heavy (non-hydrogen) atoms. The van der Waals surface area contributed by atoms with Gasteiger partial charge in [0.25, 0.3) is 0 Å². The summed E-state index contributed by atoms with van der Waals surface area (Å²) in [6, 6.07) is 9.59. The van der Waals surface area contributed by atoms with Crippen LogP contribution in [0.15, 0.2) is 24.3 Å². The Labute approximate surface area is 120 Å². The van der Waals surface area contributed by atoms with Gasteiger partial charge >= 0.3 is 0 Å². The van der Waals surface area contributed by atoms with E-state index in [2.05, 4.69) is 24.0 Å². The summed E-state index contributed by atoms with van der Waals surface area (Å²) in [5, 5.41) is 0.801. The second kappa shape index (κ2) is 5.43. The van der Waals surface area contributed by atoms with E-state index in [9.17, 15) is 0 Å². The van der Waals surface area contributed by atoms with E-state index < -0.39 is 0 Å². The van der Waals surface area contributed by atoms with Crippen LogP contribution in [0.3, 0.4) is 0 Å². The first kappa shape index (κ1) is 13.4. The van der Waals surface area contributed by atoms with Gasteiger partial charge in [-0.15, -0.1) is 0 Å². The van der Waals surface area contributed by atoms with Crippen molar-refractivity contribution >= 4 is 11.6 Å². The highest BCUT2D eigenvalue weighted by Gasteiger charge is 2.42. The number of hydrogen-bond donors (Lipinski definition) is 1. The van der Waals surface area contributed by atoms with Gasteiger partial charge in [-0.1, -0.05) is 30.7 Å². The molecule has 2 fully saturated rings. The third kappa shape index (κ3) is 2.54. The van der Waals surface area contributed by atoms with Crippen molar-refractivity contribution in [1.82, 2.24) is 4.90 Å². The molecule has 4 atom stereocenters. The summed E-state index contributed by atoms with van der Waals surface area (Å²) in [5.74, 6) is 0.906. The molecule has 2 N–H and O–H groups in total. The smallest absolute Gasteiger partial charge is 0.0502 e. The van der Waals surface area contributed by atoms with Crippen molar-refractivity contribution in [2.24, 2.45) is 11.7 Å². The Kier molecular flexibility index (Phi) is 3.84. The number of hydrogen-bond acceptors (Lipinski definition) is 2. The number of halogens is 1. The molecule has 1 aliphatic carbocycles. The molecule has 0 radical (unpaired) electrons. The minimum Gasteiger partial charge on any atom is -0.326 e. The zero-order chi connectivity index (χ0) is 13.4. The molecule has 1 aromatic rings. The second-order valence-corrected chi connectivity index (χ2v) is 6.53. The number of nitrogens with two attached hydrogens (primary N) is 1. The van der Waals surface area contributed by atoms with Crippen molar-refractivity contribution in [3.63, 3.8) is 0 Å². The van der Waals surface area contributed by atoms with Crippen LogP contribution in [-0.4, -0.2) is 23.5 Å². The van der Waals surface area contributed by atoms with Gasteiger partial charge in [0, 0.05) is 23.7 Å². The lowest BCUT2D eigenvalue weighted by molar-refractivity contribution is 0.127. The van der Waals surface area contributed by atoms with Gasteiger partial charge in [0.2, 0.25) is 0 Å². The molecule has 4 unspecified atom stereocenters. The number of nitrogens with zero attached hydrogens (tertiary/aromatic N) is 1. The number of benzene rings is 1. The molecule has 1 aromatic carbocycles. The van der Waals surface area contributed by atoms with Gasteiger partial charge in [-0.2, -0.15) is 0 Å². The lowest BCUT2D eigenvalue weighted by atomic mass is 9.94. The largest absolute Gasteiger partial charge is 0.326 e. The molecule has 0 aromatic heterocycles. The Bertz CT molecular complexity index is 431. The fourth-order valence-electron chi connectivity index (χ4n) is 3.87. The zero-order valence-corrected chi connectivity index (χ0v) is 12.3. The predicted molar refractivity (Wildman–Crippen MR) is 80.3 cm³/mol. The summed E-state index contributed by atoms with van der Waals surface area (Å²) in [4.78, 5) is 2.66. The summed E-state index contributed by atoms with van der Waals surface area (Å²) in [6.07, 6.45) is 5.16. The highest BCUT2D eigenvalue weighted by molar-refractivity contribution is 6.30. The normalized spacial score (nSPS) is 29.6. The molecular weight excluding hydrogens is 256 g/mol. The van der Waals surface area contributed by atoms with E-state index in [0.717, 1.165) is 23.4 Å². The monoisotopic (exact) mass is 278 g/mol. The predicted octanol–water partition coefficient (Wildman–Crippen LogP) is 3.60. The van der Waals surface area contributed by atoms with Gasteiger partial charge in [0.15, 0.2) is 0 Å². The molecule has 104 valence electrons. The van der Waals surface area contributed by atoms with Gasteiger partial charge in [0.05, 0.1) is 6.04 Å². The average molecular weight is 279 g/mol. The van der Waals surface area contributed by atoms with Gasteiger partial charge in [0.1, 0.15) is 0 Å². The lowest BCUT2D eigenvalue weighted by Gasteiger charge is -2.38. The maximum absolute atomic E-state index is 6.42. The van der Waals surface area contributed by atoms with Crippen molar-refractivity contribution in [2.45, 2.75) is 50.7 Å². The van der Waals surface area contributed by atoms with E-state index in [0.29, 0.717) is 6.04 Å². The van der Waals surface area contributed by atoms with E-state index in [1.165, 1.54) is 31.4 Å². The van der Waals surface area contributed by atoms with Crippen LogP contribution in [0.5, 0.6) is 0 Å². The van der Waals surface area contributed by atoms with Crippen LogP contribution in [-0.2, 0) is 0 Å². The Morgan fingerprint density at radius 1 is 1.32 bits per heavy atom. The fraction of sp³-hybridized carbons (Fsp3) is 0.625. The molecule has 0 amide bonds. The van der Waals surface area contributed by atoms with Crippen LogP contribution >= 0.6 is 11.6 Å². The van der Waals surface area contributed by atoms with Crippen LogP contribution in [0.2, 0.25) is 5.02 Å². The fourth-order valence-corrected chi connectivity index (χ4v) is 4.00. The highest BCUT2D eigenvalue weighted by Crippen LogP contribution is 2.43. The van der Waals surface area contributed by atoms with E-state index in [4.69, 9.17) is 17.3 Å².